The average Bonchev–Trinajstić information content (AvgIpc) is 3.76. The van der Waals surface area contributed by atoms with Gasteiger partial charge in [0.15, 0.2) is 17.3 Å². The molecule has 0 aliphatic carbocycles. The maximum absolute atomic E-state index is 12.2. The summed E-state index contributed by atoms with van der Waals surface area (Å²) in [6.07, 6.45) is 8.40. The number of piperidine rings is 1. The number of fused-ring (bicyclic) bond motifs is 2. The molecule has 212 valence electrons. The zero-order chi connectivity index (χ0) is 28.8. The summed E-state index contributed by atoms with van der Waals surface area (Å²) in [6, 6.07) is 16.1. The zero-order valence-electron chi connectivity index (χ0n) is 23.2. The minimum Gasteiger partial charge on any atom is -0.491 e. The third kappa shape index (κ3) is 4.47. The van der Waals surface area contributed by atoms with Crippen LogP contribution in [0.15, 0.2) is 79.8 Å². The molecule has 11 heteroatoms. The van der Waals surface area contributed by atoms with Crippen LogP contribution in [-0.2, 0) is 4.79 Å². The number of nitrogen functional groups attached to an aromatic ring is 1. The van der Waals surface area contributed by atoms with Gasteiger partial charge in [-0.05, 0) is 62.2 Å². The number of pyridine rings is 2. The largest absolute Gasteiger partial charge is 0.491 e. The lowest BCUT2D eigenvalue weighted by atomic mass is 9.96. The minimum absolute atomic E-state index is 0.00584. The second-order valence-corrected chi connectivity index (χ2v) is 10.7. The summed E-state index contributed by atoms with van der Waals surface area (Å²) in [5.74, 6) is 2.51. The van der Waals surface area contributed by atoms with Crippen molar-refractivity contribution in [1.29, 1.82) is 0 Å². The molecule has 42 heavy (non-hydrogen) atoms. The molecule has 5 aromatic rings. The number of anilines is 1. The van der Waals surface area contributed by atoms with E-state index in [9.17, 15) is 4.79 Å². The van der Waals surface area contributed by atoms with Crippen molar-refractivity contribution < 1.29 is 9.53 Å². The van der Waals surface area contributed by atoms with Gasteiger partial charge >= 0.3 is 0 Å². The molecular formula is C31H31N9O2. The number of nitrogens with one attached hydrogen (secondary N) is 1. The number of ether oxygens (including phenoxy) is 1. The van der Waals surface area contributed by atoms with Crippen LogP contribution in [0.4, 0.5) is 5.82 Å². The first-order chi connectivity index (χ1) is 20.5. The molecule has 2 aliphatic rings. The first-order valence-corrected chi connectivity index (χ1v) is 14.1. The second-order valence-electron chi connectivity index (χ2n) is 10.7. The molecule has 1 amide bonds. The van der Waals surface area contributed by atoms with Gasteiger partial charge in [-0.1, -0.05) is 12.6 Å². The van der Waals surface area contributed by atoms with Crippen molar-refractivity contribution in [3.05, 3.63) is 85.3 Å². The van der Waals surface area contributed by atoms with Crippen LogP contribution in [0.5, 0.6) is 5.75 Å². The molecule has 3 atom stereocenters. The lowest BCUT2D eigenvalue weighted by Gasteiger charge is -2.38. The molecule has 0 radical (unpaired) electrons. The molecule has 11 nitrogen and oxygen atoms in total. The average molecular weight is 562 g/mol. The van der Waals surface area contributed by atoms with E-state index in [4.69, 9.17) is 20.4 Å². The van der Waals surface area contributed by atoms with Gasteiger partial charge in [-0.3, -0.25) is 9.36 Å². The van der Waals surface area contributed by atoms with Crippen LogP contribution < -0.4 is 15.8 Å². The van der Waals surface area contributed by atoms with Gasteiger partial charge in [-0.15, -0.1) is 0 Å². The van der Waals surface area contributed by atoms with Gasteiger partial charge in [0.05, 0.1) is 17.3 Å². The molecule has 0 saturated carbocycles. The van der Waals surface area contributed by atoms with E-state index in [0.717, 1.165) is 35.4 Å². The summed E-state index contributed by atoms with van der Waals surface area (Å²) in [5.41, 5.74) is 10.4. The molecule has 1 fully saturated rings. The Hall–Kier alpha value is -5.03. The fourth-order valence-electron chi connectivity index (χ4n) is 6.04. The van der Waals surface area contributed by atoms with Crippen LogP contribution >= 0.6 is 0 Å². The van der Waals surface area contributed by atoms with Gasteiger partial charge in [-0.2, -0.15) is 5.10 Å². The normalized spacial score (nSPS) is 19.9. The van der Waals surface area contributed by atoms with Gasteiger partial charge < -0.3 is 20.7 Å². The van der Waals surface area contributed by atoms with E-state index in [0.29, 0.717) is 41.8 Å². The number of nitrogens with zero attached hydrogens (tertiary/aromatic N) is 7. The summed E-state index contributed by atoms with van der Waals surface area (Å²) in [5, 5.41) is 8.12. The smallest absolute Gasteiger partial charge is 0.246 e. The van der Waals surface area contributed by atoms with E-state index in [-0.39, 0.29) is 24.0 Å². The standard InChI is InChI=1S/C31H31N9O2/c1-3-28(41)38-15-11-20(16-19(38)2)35-25-18-42-26-17-21(7-8-22(25)26)40-30(23-6-4-12-33-29(23)32)36-24-9-10-27(37-31(24)40)39-14-5-13-34-39/h3-10,12-14,17,19-20,25,35H,1,11,15-16,18H2,2H3,(H2,32,33)/t19-,20?,25?/m1/s1. The SMILES string of the molecule is C=CC(=O)N1CCC(NC2COc3cc(-n4c(-c5cccnc5N)nc5ccc(-n6cccn6)nc54)ccc32)C[C@H]1C. The number of amides is 1. The van der Waals surface area contributed by atoms with Crippen molar-refractivity contribution in [3.63, 3.8) is 0 Å². The monoisotopic (exact) mass is 561 g/mol. The maximum atomic E-state index is 12.2. The highest BCUT2D eigenvalue weighted by atomic mass is 16.5. The predicted octanol–water partition coefficient (Wildman–Crippen LogP) is 3.84. The Balaban J connectivity index is 1.23. The Bertz CT molecular complexity index is 1800. The number of carbonyl (C=O) groups excluding carboxylic acids is 1. The summed E-state index contributed by atoms with van der Waals surface area (Å²) in [7, 11) is 0. The molecule has 0 spiro atoms. The molecule has 1 saturated heterocycles. The van der Waals surface area contributed by atoms with Crippen LogP contribution in [0.2, 0.25) is 0 Å². The molecule has 7 rings (SSSR count). The maximum Gasteiger partial charge on any atom is 0.246 e. The highest BCUT2D eigenvalue weighted by molar-refractivity contribution is 5.87. The first kappa shape index (κ1) is 25.9. The molecule has 2 unspecified atom stereocenters. The predicted molar refractivity (Wildman–Crippen MR) is 159 cm³/mol. The molecule has 3 N–H and O–H groups in total. The summed E-state index contributed by atoms with van der Waals surface area (Å²) < 4.78 is 9.93. The summed E-state index contributed by atoms with van der Waals surface area (Å²) in [4.78, 5) is 28.2. The molecule has 0 bridgehead atoms. The Morgan fingerprint density at radius 3 is 2.86 bits per heavy atom. The third-order valence-electron chi connectivity index (χ3n) is 8.12. The Labute approximate surface area is 242 Å². The van der Waals surface area contributed by atoms with Crippen LogP contribution in [0.25, 0.3) is 34.1 Å². The van der Waals surface area contributed by atoms with E-state index in [1.54, 1.807) is 17.1 Å². The van der Waals surface area contributed by atoms with Crippen LogP contribution in [-0.4, -0.2) is 65.3 Å². The summed E-state index contributed by atoms with van der Waals surface area (Å²) >= 11 is 0. The molecule has 6 heterocycles. The fourth-order valence-corrected chi connectivity index (χ4v) is 6.04. The Morgan fingerprint density at radius 2 is 2.07 bits per heavy atom. The molecule has 2 aliphatic heterocycles. The molecule has 4 aromatic heterocycles. The van der Waals surface area contributed by atoms with Gasteiger partial charge in [0.25, 0.3) is 0 Å². The van der Waals surface area contributed by atoms with E-state index in [1.165, 1.54) is 6.08 Å². The number of imidazole rings is 1. The van der Waals surface area contributed by atoms with Crippen molar-refractivity contribution in [1.82, 2.24) is 39.5 Å². The zero-order valence-corrected chi connectivity index (χ0v) is 23.2. The number of aromatic nitrogens is 6. The highest BCUT2D eigenvalue weighted by Crippen LogP contribution is 2.38. The van der Waals surface area contributed by atoms with Crippen LogP contribution in [0, 0.1) is 0 Å². The lowest BCUT2D eigenvalue weighted by molar-refractivity contribution is -0.129. The fraction of sp³-hybridized carbons (Fsp3) is 0.258. The number of rotatable bonds is 6. The Kier molecular flexibility index (Phi) is 6.43. The van der Waals surface area contributed by atoms with Crippen molar-refractivity contribution in [2.45, 2.75) is 37.9 Å². The number of carbonyl (C=O) groups is 1. The van der Waals surface area contributed by atoms with Crippen molar-refractivity contribution in [2.24, 2.45) is 0 Å². The van der Waals surface area contributed by atoms with Crippen molar-refractivity contribution in [3.8, 4) is 28.6 Å². The van der Waals surface area contributed by atoms with Crippen LogP contribution in [0.3, 0.4) is 0 Å². The quantitative estimate of drug-likeness (QED) is 0.299. The van der Waals surface area contributed by atoms with E-state index < -0.39 is 0 Å². The van der Waals surface area contributed by atoms with Gasteiger partial charge in [-0.25, -0.2) is 19.6 Å². The number of hydrogen-bond acceptors (Lipinski definition) is 8. The highest BCUT2D eigenvalue weighted by Gasteiger charge is 2.32. The molecular weight excluding hydrogens is 530 g/mol. The number of hydrogen-bond donors (Lipinski definition) is 2. The van der Waals surface area contributed by atoms with E-state index in [2.05, 4.69) is 41.0 Å². The van der Waals surface area contributed by atoms with Gasteiger partial charge in [0.1, 0.15) is 23.7 Å². The van der Waals surface area contributed by atoms with Crippen LogP contribution in [0.1, 0.15) is 31.4 Å². The van der Waals surface area contributed by atoms with Gasteiger partial charge in [0.2, 0.25) is 5.91 Å². The van der Waals surface area contributed by atoms with Crippen molar-refractivity contribution >= 4 is 22.9 Å². The lowest BCUT2D eigenvalue weighted by Crippen LogP contribution is -2.50. The number of likely N-dealkylation sites (tertiary alicyclic amines) is 1. The van der Waals surface area contributed by atoms with Gasteiger partial charge in [0, 0.05) is 48.8 Å². The number of nitrogens with two attached hydrogens (primary N) is 1. The van der Waals surface area contributed by atoms with Crippen molar-refractivity contribution in [2.75, 3.05) is 18.9 Å². The minimum atomic E-state index is -0.00584. The summed E-state index contributed by atoms with van der Waals surface area (Å²) in [6.45, 7) is 6.98. The number of benzene rings is 1. The van der Waals surface area contributed by atoms with E-state index >= 15 is 0 Å². The topological polar surface area (TPSA) is 129 Å². The molecule has 1 aromatic carbocycles. The third-order valence-corrected chi connectivity index (χ3v) is 8.12. The second kappa shape index (κ2) is 10.4. The van der Waals surface area contributed by atoms with E-state index in [1.807, 2.05) is 52.1 Å². The first-order valence-electron chi connectivity index (χ1n) is 14.1. The Morgan fingerprint density at radius 1 is 1.17 bits per heavy atom.